The van der Waals surface area contributed by atoms with Crippen molar-refractivity contribution in [1.29, 1.82) is 0 Å². The van der Waals surface area contributed by atoms with Gasteiger partial charge in [-0.15, -0.1) is 0 Å². The Morgan fingerprint density at radius 3 is 2.65 bits per heavy atom. The van der Waals surface area contributed by atoms with Crippen LogP contribution in [0.15, 0.2) is 30.6 Å². The average Bonchev–Trinajstić information content (AvgIpc) is 2.51. The molecule has 1 fully saturated rings. The minimum Gasteiger partial charge on any atom is -0.353 e. The number of benzene rings is 1. The predicted octanol–water partition coefficient (Wildman–Crippen LogP) is 2.00. The zero-order valence-corrected chi connectivity index (χ0v) is 11.4. The van der Waals surface area contributed by atoms with Gasteiger partial charge in [-0.3, -0.25) is 4.98 Å². The third-order valence-electron chi connectivity index (χ3n) is 3.62. The SMILES string of the molecule is Cc1c(F)cccc1-c1cnc(N2CCNCC2)cn1. The van der Waals surface area contributed by atoms with E-state index in [1.54, 1.807) is 25.4 Å². The number of aromatic nitrogens is 2. The van der Waals surface area contributed by atoms with Gasteiger partial charge >= 0.3 is 0 Å². The van der Waals surface area contributed by atoms with Crippen LogP contribution in [0, 0.1) is 12.7 Å². The first kappa shape index (κ1) is 13.0. The monoisotopic (exact) mass is 272 g/mol. The van der Waals surface area contributed by atoms with Crippen molar-refractivity contribution in [3.8, 4) is 11.3 Å². The van der Waals surface area contributed by atoms with Crippen LogP contribution in [0.1, 0.15) is 5.56 Å². The molecule has 20 heavy (non-hydrogen) atoms. The number of piperazine rings is 1. The molecule has 1 aromatic carbocycles. The van der Waals surface area contributed by atoms with E-state index in [2.05, 4.69) is 20.2 Å². The third-order valence-corrected chi connectivity index (χ3v) is 3.62. The maximum atomic E-state index is 13.6. The normalized spacial score (nSPS) is 15.4. The molecule has 1 aliphatic rings. The summed E-state index contributed by atoms with van der Waals surface area (Å²) in [5.74, 6) is 0.666. The molecule has 0 amide bonds. The van der Waals surface area contributed by atoms with Gasteiger partial charge in [0, 0.05) is 31.7 Å². The van der Waals surface area contributed by atoms with E-state index in [1.165, 1.54) is 6.07 Å². The molecule has 104 valence electrons. The van der Waals surface area contributed by atoms with Gasteiger partial charge in [0.2, 0.25) is 0 Å². The second-order valence-electron chi connectivity index (χ2n) is 4.91. The van der Waals surface area contributed by atoms with E-state index in [-0.39, 0.29) is 5.82 Å². The topological polar surface area (TPSA) is 41.1 Å². The minimum atomic E-state index is -0.213. The van der Waals surface area contributed by atoms with E-state index in [9.17, 15) is 4.39 Å². The molecule has 2 heterocycles. The quantitative estimate of drug-likeness (QED) is 0.908. The molecule has 4 nitrogen and oxygen atoms in total. The Kier molecular flexibility index (Phi) is 3.60. The number of rotatable bonds is 2. The van der Waals surface area contributed by atoms with Crippen molar-refractivity contribution in [2.75, 3.05) is 31.1 Å². The molecule has 3 rings (SSSR count). The van der Waals surface area contributed by atoms with Crippen LogP contribution >= 0.6 is 0 Å². The van der Waals surface area contributed by atoms with Gasteiger partial charge in [0.15, 0.2) is 0 Å². The van der Waals surface area contributed by atoms with E-state index in [1.807, 2.05) is 6.07 Å². The summed E-state index contributed by atoms with van der Waals surface area (Å²) in [4.78, 5) is 11.1. The Labute approximate surface area is 117 Å². The molecular formula is C15H17FN4. The van der Waals surface area contributed by atoms with Crippen LogP contribution in [0.5, 0.6) is 0 Å². The summed E-state index contributed by atoms with van der Waals surface area (Å²) in [5.41, 5.74) is 2.11. The van der Waals surface area contributed by atoms with Crippen LogP contribution in [0.2, 0.25) is 0 Å². The van der Waals surface area contributed by atoms with Gasteiger partial charge in [-0.25, -0.2) is 9.37 Å². The first-order valence-corrected chi connectivity index (χ1v) is 6.79. The van der Waals surface area contributed by atoms with Crippen LogP contribution in [0.4, 0.5) is 10.2 Å². The fourth-order valence-electron chi connectivity index (χ4n) is 2.40. The number of anilines is 1. The summed E-state index contributed by atoms with van der Waals surface area (Å²) in [5, 5.41) is 3.30. The maximum Gasteiger partial charge on any atom is 0.147 e. The van der Waals surface area contributed by atoms with Gasteiger partial charge in [0.05, 0.1) is 18.1 Å². The fraction of sp³-hybridized carbons (Fsp3) is 0.333. The molecule has 1 N–H and O–H groups in total. The van der Waals surface area contributed by atoms with Crippen molar-refractivity contribution in [1.82, 2.24) is 15.3 Å². The lowest BCUT2D eigenvalue weighted by molar-refractivity contribution is 0.584. The molecule has 0 unspecified atom stereocenters. The van der Waals surface area contributed by atoms with Crippen LogP contribution in [0.25, 0.3) is 11.3 Å². The highest BCUT2D eigenvalue weighted by Gasteiger charge is 2.13. The minimum absolute atomic E-state index is 0.213. The number of nitrogens with one attached hydrogen (secondary N) is 1. The fourth-order valence-corrected chi connectivity index (χ4v) is 2.40. The molecular weight excluding hydrogens is 255 g/mol. The Bertz CT molecular complexity index is 591. The van der Waals surface area contributed by atoms with Crippen LogP contribution < -0.4 is 10.2 Å². The summed E-state index contributed by atoms with van der Waals surface area (Å²) in [6.07, 6.45) is 3.49. The van der Waals surface area contributed by atoms with Gasteiger partial charge in [0.25, 0.3) is 0 Å². The Morgan fingerprint density at radius 1 is 1.15 bits per heavy atom. The lowest BCUT2D eigenvalue weighted by Gasteiger charge is -2.28. The Hall–Kier alpha value is -2.01. The standard InChI is InChI=1S/C15H17FN4/c1-11-12(3-2-4-13(11)16)14-9-19-15(10-18-14)20-7-5-17-6-8-20/h2-4,9-10,17H,5-8H2,1H3. The van der Waals surface area contributed by atoms with Crippen molar-refractivity contribution in [2.45, 2.75) is 6.92 Å². The van der Waals surface area contributed by atoms with Gasteiger partial charge in [-0.2, -0.15) is 0 Å². The number of hydrogen-bond acceptors (Lipinski definition) is 4. The number of nitrogens with zero attached hydrogens (tertiary/aromatic N) is 3. The molecule has 0 aliphatic carbocycles. The molecule has 0 spiro atoms. The lowest BCUT2D eigenvalue weighted by Crippen LogP contribution is -2.43. The molecule has 1 aliphatic heterocycles. The van der Waals surface area contributed by atoms with Gasteiger partial charge in [-0.1, -0.05) is 12.1 Å². The molecule has 0 atom stereocenters. The average molecular weight is 272 g/mol. The lowest BCUT2D eigenvalue weighted by atomic mass is 10.1. The highest BCUT2D eigenvalue weighted by Crippen LogP contribution is 2.23. The maximum absolute atomic E-state index is 13.6. The Morgan fingerprint density at radius 2 is 1.95 bits per heavy atom. The summed E-state index contributed by atoms with van der Waals surface area (Å²) >= 11 is 0. The molecule has 2 aromatic rings. The zero-order chi connectivity index (χ0) is 13.9. The van der Waals surface area contributed by atoms with Gasteiger partial charge < -0.3 is 10.2 Å². The van der Waals surface area contributed by atoms with Crippen LogP contribution in [-0.2, 0) is 0 Å². The van der Waals surface area contributed by atoms with E-state index in [4.69, 9.17) is 0 Å². The van der Waals surface area contributed by atoms with E-state index in [0.717, 1.165) is 37.6 Å². The molecule has 0 bridgehead atoms. The van der Waals surface area contributed by atoms with Crippen molar-refractivity contribution in [3.63, 3.8) is 0 Å². The first-order chi connectivity index (χ1) is 9.75. The zero-order valence-electron chi connectivity index (χ0n) is 11.4. The highest BCUT2D eigenvalue weighted by molar-refractivity contribution is 5.63. The highest BCUT2D eigenvalue weighted by atomic mass is 19.1. The Balaban J connectivity index is 1.87. The molecule has 5 heteroatoms. The summed E-state index contributed by atoms with van der Waals surface area (Å²) in [6.45, 7) is 5.56. The van der Waals surface area contributed by atoms with E-state index < -0.39 is 0 Å². The van der Waals surface area contributed by atoms with Gasteiger partial charge in [0.1, 0.15) is 11.6 Å². The summed E-state index contributed by atoms with van der Waals surface area (Å²) in [6, 6.07) is 5.03. The van der Waals surface area contributed by atoms with Crippen molar-refractivity contribution in [2.24, 2.45) is 0 Å². The third kappa shape index (κ3) is 2.49. The van der Waals surface area contributed by atoms with Crippen molar-refractivity contribution in [3.05, 3.63) is 42.0 Å². The van der Waals surface area contributed by atoms with Crippen molar-refractivity contribution < 1.29 is 4.39 Å². The smallest absolute Gasteiger partial charge is 0.147 e. The summed E-state index contributed by atoms with van der Waals surface area (Å²) < 4.78 is 13.6. The van der Waals surface area contributed by atoms with Crippen LogP contribution in [0.3, 0.4) is 0 Å². The van der Waals surface area contributed by atoms with E-state index >= 15 is 0 Å². The summed E-state index contributed by atoms with van der Waals surface area (Å²) in [7, 11) is 0. The second kappa shape index (κ2) is 5.54. The van der Waals surface area contributed by atoms with Crippen molar-refractivity contribution >= 4 is 5.82 Å². The first-order valence-electron chi connectivity index (χ1n) is 6.79. The molecule has 1 saturated heterocycles. The van der Waals surface area contributed by atoms with Gasteiger partial charge in [-0.05, 0) is 18.6 Å². The number of hydrogen-bond donors (Lipinski definition) is 1. The molecule has 0 saturated carbocycles. The van der Waals surface area contributed by atoms with E-state index in [0.29, 0.717) is 11.3 Å². The van der Waals surface area contributed by atoms with Crippen LogP contribution in [-0.4, -0.2) is 36.1 Å². The molecule has 1 aromatic heterocycles. The second-order valence-corrected chi connectivity index (χ2v) is 4.91. The number of halogens is 1. The molecule has 0 radical (unpaired) electrons. The predicted molar refractivity (Wildman–Crippen MR) is 77.2 cm³/mol. The largest absolute Gasteiger partial charge is 0.353 e.